The first kappa shape index (κ1) is 22.2. The summed E-state index contributed by atoms with van der Waals surface area (Å²) < 4.78 is 1.58. The lowest BCUT2D eigenvalue weighted by molar-refractivity contribution is -0.113. The van der Waals surface area contributed by atoms with Gasteiger partial charge in [0, 0.05) is 5.69 Å². The van der Waals surface area contributed by atoms with Crippen molar-refractivity contribution in [3.05, 3.63) is 89.5 Å². The molecule has 2 N–H and O–H groups in total. The molecule has 0 aliphatic rings. The number of nitrogens with one attached hydrogen (secondary N) is 2. The minimum atomic E-state index is -0.299. The third kappa shape index (κ3) is 5.64. The number of nitrogens with zero attached hydrogens (tertiary/aromatic N) is 4. The Morgan fingerprint density at radius 1 is 0.909 bits per heavy atom. The zero-order valence-electron chi connectivity index (χ0n) is 18.1. The lowest BCUT2D eigenvalue weighted by atomic mass is 10.1. The molecule has 0 radical (unpaired) electrons. The highest BCUT2D eigenvalue weighted by Gasteiger charge is 2.15. The number of rotatable bonds is 7. The van der Waals surface area contributed by atoms with E-state index >= 15 is 0 Å². The molecule has 0 atom stereocenters. The molecule has 4 rings (SSSR count). The smallest absolute Gasteiger partial charge is 0.257 e. The van der Waals surface area contributed by atoms with Gasteiger partial charge in [0.1, 0.15) is 0 Å². The van der Waals surface area contributed by atoms with Gasteiger partial charge in [0.25, 0.3) is 5.91 Å². The molecule has 3 aromatic carbocycles. The summed E-state index contributed by atoms with van der Waals surface area (Å²) in [5.74, 6) is -0.484. The SMILES string of the molecule is Cc1ccc(-n2nnnc2SCC(=O)Nc2ccccc2C(=O)Nc2cccc(C)c2)cc1. The van der Waals surface area contributed by atoms with Crippen LogP contribution >= 0.6 is 11.8 Å². The first-order valence-corrected chi connectivity index (χ1v) is 11.2. The predicted octanol–water partition coefficient (Wildman–Crippen LogP) is 4.26. The number of para-hydroxylation sites is 1. The fourth-order valence-electron chi connectivity index (χ4n) is 3.14. The summed E-state index contributed by atoms with van der Waals surface area (Å²) in [6.07, 6.45) is 0. The molecule has 1 aromatic heterocycles. The van der Waals surface area contributed by atoms with Crippen molar-refractivity contribution in [2.75, 3.05) is 16.4 Å². The molecule has 0 saturated heterocycles. The van der Waals surface area contributed by atoms with E-state index in [1.54, 1.807) is 28.9 Å². The van der Waals surface area contributed by atoms with Crippen LogP contribution in [0.1, 0.15) is 21.5 Å². The molecule has 33 heavy (non-hydrogen) atoms. The first-order valence-electron chi connectivity index (χ1n) is 10.2. The molecule has 0 fully saturated rings. The average molecular weight is 459 g/mol. The number of carbonyl (C=O) groups excluding carboxylic acids is 2. The second-order valence-electron chi connectivity index (χ2n) is 7.41. The van der Waals surface area contributed by atoms with Crippen molar-refractivity contribution >= 4 is 35.0 Å². The number of amides is 2. The molecule has 9 heteroatoms. The van der Waals surface area contributed by atoms with Gasteiger partial charge in [-0.05, 0) is 66.2 Å². The molecular weight excluding hydrogens is 436 g/mol. The van der Waals surface area contributed by atoms with Gasteiger partial charge >= 0.3 is 0 Å². The molecule has 4 aromatic rings. The van der Waals surface area contributed by atoms with Gasteiger partial charge in [0.2, 0.25) is 11.1 Å². The van der Waals surface area contributed by atoms with Gasteiger partial charge in [-0.15, -0.1) is 5.10 Å². The second-order valence-corrected chi connectivity index (χ2v) is 8.36. The molecule has 2 amide bonds. The number of hydrogen-bond acceptors (Lipinski definition) is 6. The average Bonchev–Trinajstić information content (AvgIpc) is 3.27. The highest BCUT2D eigenvalue weighted by Crippen LogP contribution is 2.21. The topological polar surface area (TPSA) is 102 Å². The Morgan fingerprint density at radius 2 is 1.70 bits per heavy atom. The van der Waals surface area contributed by atoms with E-state index in [-0.39, 0.29) is 17.6 Å². The van der Waals surface area contributed by atoms with E-state index in [4.69, 9.17) is 0 Å². The standard InChI is InChI=1S/C24H22N6O2S/c1-16-10-12-19(13-11-16)30-24(27-28-29-30)33-15-22(31)26-21-9-4-3-8-20(21)23(32)25-18-7-5-6-17(2)14-18/h3-14H,15H2,1-2H3,(H,25,32)(H,26,31). The van der Waals surface area contributed by atoms with Crippen LogP contribution in [0.4, 0.5) is 11.4 Å². The predicted molar refractivity (Wildman–Crippen MR) is 129 cm³/mol. The van der Waals surface area contributed by atoms with Gasteiger partial charge < -0.3 is 10.6 Å². The summed E-state index contributed by atoms with van der Waals surface area (Å²) in [7, 11) is 0. The van der Waals surface area contributed by atoms with Gasteiger partial charge in [-0.3, -0.25) is 9.59 Å². The lowest BCUT2D eigenvalue weighted by Gasteiger charge is -2.12. The molecular formula is C24H22N6O2S. The van der Waals surface area contributed by atoms with Crippen molar-refractivity contribution in [3.8, 4) is 5.69 Å². The van der Waals surface area contributed by atoms with Crippen molar-refractivity contribution in [2.24, 2.45) is 0 Å². The minimum absolute atomic E-state index is 0.0834. The molecule has 0 spiro atoms. The van der Waals surface area contributed by atoms with Crippen LogP contribution in [-0.2, 0) is 4.79 Å². The maximum atomic E-state index is 12.8. The number of anilines is 2. The Kier molecular flexibility index (Phi) is 6.80. The number of aromatic nitrogens is 4. The van der Waals surface area contributed by atoms with E-state index in [0.29, 0.717) is 22.1 Å². The highest BCUT2D eigenvalue weighted by atomic mass is 32.2. The van der Waals surface area contributed by atoms with Crippen LogP contribution in [0.2, 0.25) is 0 Å². The third-order valence-corrected chi connectivity index (χ3v) is 5.69. The van der Waals surface area contributed by atoms with Crippen LogP contribution in [-0.4, -0.2) is 37.8 Å². The number of thioether (sulfide) groups is 1. The molecule has 0 bridgehead atoms. The van der Waals surface area contributed by atoms with Crippen molar-refractivity contribution in [3.63, 3.8) is 0 Å². The number of benzene rings is 3. The lowest BCUT2D eigenvalue weighted by Crippen LogP contribution is -2.19. The maximum Gasteiger partial charge on any atom is 0.257 e. The van der Waals surface area contributed by atoms with Crippen LogP contribution in [0.3, 0.4) is 0 Å². The van der Waals surface area contributed by atoms with E-state index < -0.39 is 0 Å². The quantitative estimate of drug-likeness (QED) is 0.401. The number of hydrogen-bond donors (Lipinski definition) is 2. The van der Waals surface area contributed by atoms with Crippen LogP contribution in [0, 0.1) is 13.8 Å². The molecule has 0 aliphatic carbocycles. The summed E-state index contributed by atoms with van der Waals surface area (Å²) in [6.45, 7) is 3.96. The Bertz CT molecular complexity index is 1290. The van der Waals surface area contributed by atoms with E-state index in [1.807, 2.05) is 62.4 Å². The molecule has 166 valence electrons. The van der Waals surface area contributed by atoms with E-state index in [9.17, 15) is 9.59 Å². The highest BCUT2D eigenvalue weighted by molar-refractivity contribution is 7.99. The summed E-state index contributed by atoms with van der Waals surface area (Å²) >= 11 is 1.21. The monoisotopic (exact) mass is 458 g/mol. The molecule has 0 saturated carbocycles. The fourth-order valence-corrected chi connectivity index (χ4v) is 3.84. The van der Waals surface area contributed by atoms with Gasteiger partial charge in [-0.1, -0.05) is 53.7 Å². The van der Waals surface area contributed by atoms with Crippen LogP contribution in [0.15, 0.2) is 78.0 Å². The van der Waals surface area contributed by atoms with E-state index in [2.05, 4.69) is 26.2 Å². The number of tetrazole rings is 1. The normalized spacial score (nSPS) is 10.6. The van der Waals surface area contributed by atoms with Gasteiger partial charge in [-0.2, -0.15) is 4.68 Å². The third-order valence-electron chi connectivity index (χ3n) is 4.77. The van der Waals surface area contributed by atoms with Gasteiger partial charge in [0.15, 0.2) is 0 Å². The minimum Gasteiger partial charge on any atom is -0.325 e. The van der Waals surface area contributed by atoms with Crippen molar-refractivity contribution < 1.29 is 9.59 Å². The van der Waals surface area contributed by atoms with Crippen LogP contribution < -0.4 is 10.6 Å². The summed E-state index contributed by atoms with van der Waals surface area (Å²) in [6, 6.07) is 22.2. The largest absolute Gasteiger partial charge is 0.325 e. The van der Waals surface area contributed by atoms with Crippen molar-refractivity contribution in [2.45, 2.75) is 19.0 Å². The second kappa shape index (κ2) is 10.1. The Hall–Kier alpha value is -3.98. The Morgan fingerprint density at radius 3 is 2.48 bits per heavy atom. The zero-order chi connectivity index (χ0) is 23.2. The summed E-state index contributed by atoms with van der Waals surface area (Å²) in [4.78, 5) is 25.4. The number of carbonyl (C=O) groups is 2. The molecule has 8 nitrogen and oxygen atoms in total. The Labute approximate surface area is 195 Å². The fraction of sp³-hybridized carbons (Fsp3) is 0.125. The van der Waals surface area contributed by atoms with Crippen LogP contribution in [0.25, 0.3) is 5.69 Å². The molecule has 0 unspecified atom stereocenters. The Balaban J connectivity index is 1.41. The van der Waals surface area contributed by atoms with Crippen molar-refractivity contribution in [1.29, 1.82) is 0 Å². The number of aryl methyl sites for hydroxylation is 2. The first-order chi connectivity index (χ1) is 16.0. The summed E-state index contributed by atoms with van der Waals surface area (Å²) in [5.41, 5.74) is 4.49. The zero-order valence-corrected chi connectivity index (χ0v) is 19.0. The van der Waals surface area contributed by atoms with E-state index in [1.165, 1.54) is 11.8 Å². The molecule has 0 aliphatic heterocycles. The van der Waals surface area contributed by atoms with E-state index in [0.717, 1.165) is 16.8 Å². The van der Waals surface area contributed by atoms with Gasteiger partial charge in [0.05, 0.1) is 22.7 Å². The van der Waals surface area contributed by atoms with Crippen LogP contribution in [0.5, 0.6) is 0 Å². The maximum absolute atomic E-state index is 12.8. The molecule has 1 heterocycles. The van der Waals surface area contributed by atoms with Crippen molar-refractivity contribution in [1.82, 2.24) is 20.2 Å². The summed E-state index contributed by atoms with van der Waals surface area (Å²) in [5, 5.41) is 17.9. The van der Waals surface area contributed by atoms with Gasteiger partial charge in [-0.25, -0.2) is 0 Å².